The number of rotatable bonds is 5. The van der Waals surface area contributed by atoms with Crippen LogP contribution in [0.15, 0.2) is 64.8 Å². The fraction of sp³-hybridized carbons (Fsp3) is 0.296. The smallest absolute Gasteiger partial charge is 0.255 e. The molecule has 190 valence electrons. The molecule has 4 aromatic rings. The normalized spacial score (nSPS) is 12.2. The molecular formula is C27H32N9P. The van der Waals surface area contributed by atoms with Crippen molar-refractivity contribution in [2.24, 2.45) is 10.2 Å². The molecule has 1 atom stereocenters. The lowest BCUT2D eigenvalue weighted by Gasteiger charge is -2.15. The van der Waals surface area contributed by atoms with Gasteiger partial charge >= 0.3 is 0 Å². The molecule has 0 amide bonds. The SMILES string of the molecule is [C-]#[N+]c1c(C(C)(C)C)nn(-c2ccc(NP)cc2)c1/N=N/c1c(C(C)(C)C)nn(-c2ccccc2)c1N. The van der Waals surface area contributed by atoms with Gasteiger partial charge in [0.05, 0.1) is 29.3 Å². The van der Waals surface area contributed by atoms with E-state index in [0.717, 1.165) is 17.1 Å². The van der Waals surface area contributed by atoms with Crippen molar-refractivity contribution in [1.29, 1.82) is 0 Å². The summed E-state index contributed by atoms with van der Waals surface area (Å²) in [5.41, 5.74) is 10.6. The first-order chi connectivity index (χ1) is 17.5. The van der Waals surface area contributed by atoms with Crippen molar-refractivity contribution < 1.29 is 0 Å². The van der Waals surface area contributed by atoms with Crippen LogP contribution < -0.4 is 10.8 Å². The topological polar surface area (TPSA) is 103 Å². The average Bonchev–Trinajstić information content (AvgIpc) is 3.41. The quantitative estimate of drug-likeness (QED) is 0.165. The fourth-order valence-corrected chi connectivity index (χ4v) is 4.06. The first kappa shape index (κ1) is 26.1. The van der Waals surface area contributed by atoms with E-state index in [4.69, 9.17) is 22.5 Å². The third-order valence-corrected chi connectivity index (χ3v) is 6.12. The van der Waals surface area contributed by atoms with Crippen LogP contribution in [0, 0.1) is 6.57 Å². The number of azo groups is 1. The van der Waals surface area contributed by atoms with E-state index in [2.05, 4.69) is 50.3 Å². The van der Waals surface area contributed by atoms with Gasteiger partial charge in [0, 0.05) is 11.1 Å². The van der Waals surface area contributed by atoms with E-state index >= 15 is 0 Å². The highest BCUT2D eigenvalue weighted by molar-refractivity contribution is 7.18. The zero-order valence-electron chi connectivity index (χ0n) is 22.0. The van der Waals surface area contributed by atoms with Gasteiger partial charge in [-0.1, -0.05) is 59.7 Å². The molecule has 0 aliphatic rings. The van der Waals surface area contributed by atoms with Crippen LogP contribution in [0.1, 0.15) is 52.9 Å². The van der Waals surface area contributed by atoms with Gasteiger partial charge in [-0.25, -0.2) is 14.2 Å². The summed E-state index contributed by atoms with van der Waals surface area (Å²) in [6, 6.07) is 17.4. The van der Waals surface area contributed by atoms with Gasteiger partial charge in [0.1, 0.15) is 0 Å². The third-order valence-electron chi connectivity index (χ3n) is 5.79. The summed E-state index contributed by atoms with van der Waals surface area (Å²) in [5, 5.41) is 21.8. The molecule has 0 radical (unpaired) electrons. The Morgan fingerprint density at radius 2 is 1.41 bits per heavy atom. The van der Waals surface area contributed by atoms with E-state index in [-0.39, 0.29) is 10.8 Å². The molecule has 2 heterocycles. The number of hydrogen-bond donors (Lipinski definition) is 2. The van der Waals surface area contributed by atoms with Gasteiger partial charge in [0.2, 0.25) is 0 Å². The maximum absolute atomic E-state index is 7.94. The Morgan fingerprint density at radius 1 is 0.838 bits per heavy atom. The van der Waals surface area contributed by atoms with Crippen molar-refractivity contribution in [2.45, 2.75) is 52.4 Å². The van der Waals surface area contributed by atoms with E-state index < -0.39 is 0 Å². The number of nitrogen functional groups attached to an aromatic ring is 1. The number of anilines is 2. The summed E-state index contributed by atoms with van der Waals surface area (Å²) >= 11 is 0. The molecule has 2 aromatic carbocycles. The average molecular weight is 514 g/mol. The minimum absolute atomic E-state index is 0.344. The molecule has 10 heteroatoms. The van der Waals surface area contributed by atoms with Gasteiger partial charge in [-0.2, -0.15) is 10.2 Å². The Bertz CT molecular complexity index is 1480. The Morgan fingerprint density at radius 3 is 1.95 bits per heavy atom. The number of aromatic nitrogens is 4. The molecule has 0 saturated heterocycles. The number of nitrogens with two attached hydrogens (primary N) is 1. The maximum atomic E-state index is 7.94. The second kappa shape index (κ2) is 9.79. The van der Waals surface area contributed by atoms with E-state index in [9.17, 15) is 0 Å². The van der Waals surface area contributed by atoms with Crippen molar-refractivity contribution in [2.75, 3.05) is 10.8 Å². The van der Waals surface area contributed by atoms with Gasteiger partial charge in [0.25, 0.3) is 5.69 Å². The molecule has 3 N–H and O–H groups in total. The lowest BCUT2D eigenvalue weighted by Crippen LogP contribution is -2.13. The summed E-state index contributed by atoms with van der Waals surface area (Å²) in [4.78, 5) is 3.82. The van der Waals surface area contributed by atoms with Crippen LogP contribution in [-0.2, 0) is 10.8 Å². The molecule has 4 rings (SSSR count). The van der Waals surface area contributed by atoms with E-state index in [1.165, 1.54) is 0 Å². The predicted molar refractivity (Wildman–Crippen MR) is 153 cm³/mol. The molecular weight excluding hydrogens is 481 g/mol. The Balaban J connectivity index is 1.92. The molecule has 2 aromatic heterocycles. The van der Waals surface area contributed by atoms with E-state index in [0.29, 0.717) is 34.4 Å². The second-order valence-corrected chi connectivity index (χ2v) is 11.1. The van der Waals surface area contributed by atoms with Crippen molar-refractivity contribution in [3.63, 3.8) is 0 Å². The minimum Gasteiger partial charge on any atom is -0.382 e. The molecule has 1 unspecified atom stereocenters. The minimum atomic E-state index is -0.370. The fourth-order valence-electron chi connectivity index (χ4n) is 3.87. The number of nitrogens with zero attached hydrogens (tertiary/aromatic N) is 7. The van der Waals surface area contributed by atoms with Gasteiger partial charge < -0.3 is 10.8 Å². The molecule has 0 aliphatic heterocycles. The molecule has 0 aliphatic carbocycles. The molecule has 0 bridgehead atoms. The number of para-hydroxylation sites is 1. The van der Waals surface area contributed by atoms with Crippen LogP contribution in [0.5, 0.6) is 0 Å². The zero-order valence-corrected chi connectivity index (χ0v) is 23.1. The molecule has 0 spiro atoms. The number of hydrogen-bond acceptors (Lipinski definition) is 6. The third kappa shape index (κ3) is 5.11. The summed E-state index contributed by atoms with van der Waals surface area (Å²) in [7, 11) is 2.48. The maximum Gasteiger partial charge on any atom is 0.255 e. The molecule has 0 saturated carbocycles. The molecule has 37 heavy (non-hydrogen) atoms. The van der Waals surface area contributed by atoms with Crippen LogP contribution in [0.3, 0.4) is 0 Å². The van der Waals surface area contributed by atoms with Crippen molar-refractivity contribution in [3.8, 4) is 11.4 Å². The Kier molecular flexibility index (Phi) is 6.90. The Hall–Kier alpha value is -4.02. The standard InChI is InChI=1S/C27H32N9P/c1-26(2,3)22-20(24(28)35(32-22)18-11-9-8-10-12-18)30-31-25-21(29-7)23(27(4,5)6)33-36(25)19-15-13-17(34-37)14-16-19/h8-16,34H,28,37H2,1-6H3/b31-30+. The van der Waals surface area contributed by atoms with Gasteiger partial charge in [0.15, 0.2) is 17.3 Å². The second-order valence-electron chi connectivity index (χ2n) is 10.8. The first-order valence-electron chi connectivity index (χ1n) is 11.9. The van der Waals surface area contributed by atoms with Crippen LogP contribution in [-0.4, -0.2) is 19.6 Å². The van der Waals surface area contributed by atoms with Crippen LogP contribution in [0.4, 0.5) is 28.7 Å². The lowest BCUT2D eigenvalue weighted by molar-refractivity contribution is 0.560. The summed E-state index contributed by atoms with van der Waals surface area (Å²) in [6.07, 6.45) is 0. The number of benzene rings is 2. The van der Waals surface area contributed by atoms with Gasteiger partial charge in [-0.3, -0.25) is 0 Å². The van der Waals surface area contributed by atoms with Gasteiger partial charge in [-0.05, 0) is 51.2 Å². The van der Waals surface area contributed by atoms with Crippen molar-refractivity contribution in [3.05, 3.63) is 77.4 Å². The zero-order chi connectivity index (χ0) is 27.0. The monoisotopic (exact) mass is 513 g/mol. The van der Waals surface area contributed by atoms with Crippen LogP contribution in [0.25, 0.3) is 16.2 Å². The Labute approximate surface area is 219 Å². The van der Waals surface area contributed by atoms with E-state index in [1.807, 2.05) is 75.4 Å². The van der Waals surface area contributed by atoms with Crippen LogP contribution in [0.2, 0.25) is 0 Å². The molecule has 9 nitrogen and oxygen atoms in total. The van der Waals surface area contributed by atoms with E-state index in [1.54, 1.807) is 9.36 Å². The summed E-state index contributed by atoms with van der Waals surface area (Å²) in [5.74, 6) is 0.723. The summed E-state index contributed by atoms with van der Waals surface area (Å²) < 4.78 is 3.34. The summed E-state index contributed by atoms with van der Waals surface area (Å²) in [6.45, 7) is 20.2. The predicted octanol–water partition coefficient (Wildman–Crippen LogP) is 7.40. The highest BCUT2D eigenvalue weighted by Crippen LogP contribution is 2.43. The molecule has 0 fully saturated rings. The van der Waals surface area contributed by atoms with Crippen LogP contribution >= 0.6 is 9.39 Å². The van der Waals surface area contributed by atoms with Crippen molar-refractivity contribution in [1.82, 2.24) is 19.6 Å². The largest absolute Gasteiger partial charge is 0.382 e. The lowest BCUT2D eigenvalue weighted by atomic mass is 9.91. The highest BCUT2D eigenvalue weighted by atomic mass is 31.0. The first-order valence-corrected chi connectivity index (χ1v) is 12.5. The van der Waals surface area contributed by atoms with Gasteiger partial charge in [-0.15, -0.1) is 10.2 Å². The van der Waals surface area contributed by atoms with Crippen molar-refractivity contribution >= 4 is 38.1 Å². The number of nitrogens with one attached hydrogen (secondary N) is 1. The highest BCUT2D eigenvalue weighted by Gasteiger charge is 2.30.